The van der Waals surface area contributed by atoms with Crippen LogP contribution in [0.1, 0.15) is 18.4 Å². The molecule has 0 aliphatic carbocycles. The van der Waals surface area contributed by atoms with Crippen molar-refractivity contribution in [3.8, 4) is 0 Å². The van der Waals surface area contributed by atoms with E-state index in [1.165, 1.54) is 5.56 Å². The van der Waals surface area contributed by atoms with Crippen LogP contribution in [0.2, 0.25) is 0 Å². The van der Waals surface area contributed by atoms with Gasteiger partial charge in [0.2, 0.25) is 0 Å². The molecule has 0 bridgehead atoms. The van der Waals surface area contributed by atoms with Crippen molar-refractivity contribution in [2.75, 3.05) is 17.2 Å². The summed E-state index contributed by atoms with van der Waals surface area (Å²) >= 11 is 3.53. The van der Waals surface area contributed by atoms with Crippen LogP contribution in [0.3, 0.4) is 0 Å². The first-order valence-corrected chi connectivity index (χ1v) is 8.47. The molecule has 1 atom stereocenters. The molecule has 2 aromatic rings. The SMILES string of the molecule is Cc1ccc(Nc2ccc(NC(=O)C3CCCO3)cc2)cc1Br. The predicted octanol–water partition coefficient (Wildman–Crippen LogP) is 4.62. The van der Waals surface area contributed by atoms with E-state index in [1.54, 1.807) is 0 Å². The van der Waals surface area contributed by atoms with Crippen LogP contribution >= 0.6 is 15.9 Å². The van der Waals surface area contributed by atoms with Gasteiger partial charge in [0, 0.05) is 28.1 Å². The van der Waals surface area contributed by atoms with Gasteiger partial charge >= 0.3 is 0 Å². The second kappa shape index (κ2) is 7.15. The van der Waals surface area contributed by atoms with Gasteiger partial charge in [-0.3, -0.25) is 4.79 Å². The van der Waals surface area contributed by atoms with Gasteiger partial charge in [0.1, 0.15) is 6.10 Å². The van der Waals surface area contributed by atoms with E-state index in [1.807, 2.05) is 36.4 Å². The average molecular weight is 375 g/mol. The topological polar surface area (TPSA) is 50.4 Å². The van der Waals surface area contributed by atoms with E-state index in [0.717, 1.165) is 34.4 Å². The summed E-state index contributed by atoms with van der Waals surface area (Å²) < 4.78 is 6.45. The van der Waals surface area contributed by atoms with Crippen LogP contribution in [0.5, 0.6) is 0 Å². The molecule has 1 amide bonds. The molecule has 0 spiro atoms. The first kappa shape index (κ1) is 16.0. The molecule has 120 valence electrons. The predicted molar refractivity (Wildman–Crippen MR) is 96.2 cm³/mol. The van der Waals surface area contributed by atoms with Gasteiger partial charge in [-0.15, -0.1) is 0 Å². The van der Waals surface area contributed by atoms with E-state index in [4.69, 9.17) is 4.74 Å². The van der Waals surface area contributed by atoms with Crippen LogP contribution in [0.15, 0.2) is 46.9 Å². The lowest BCUT2D eigenvalue weighted by Crippen LogP contribution is -2.26. The highest BCUT2D eigenvalue weighted by Gasteiger charge is 2.23. The Morgan fingerprint density at radius 1 is 1.13 bits per heavy atom. The third-order valence-corrected chi connectivity index (χ3v) is 4.69. The van der Waals surface area contributed by atoms with Crippen molar-refractivity contribution >= 4 is 38.9 Å². The van der Waals surface area contributed by atoms with E-state index >= 15 is 0 Å². The molecular weight excluding hydrogens is 356 g/mol. The summed E-state index contributed by atoms with van der Waals surface area (Å²) in [5.74, 6) is -0.0642. The molecule has 1 saturated heterocycles. The van der Waals surface area contributed by atoms with Crippen molar-refractivity contribution < 1.29 is 9.53 Å². The van der Waals surface area contributed by atoms with Gasteiger partial charge in [0.05, 0.1) is 0 Å². The van der Waals surface area contributed by atoms with Gasteiger partial charge in [-0.2, -0.15) is 0 Å². The maximum atomic E-state index is 12.0. The Hall–Kier alpha value is -1.85. The summed E-state index contributed by atoms with van der Waals surface area (Å²) in [5.41, 5.74) is 3.96. The maximum Gasteiger partial charge on any atom is 0.253 e. The van der Waals surface area contributed by atoms with Crippen LogP contribution in [0.4, 0.5) is 17.1 Å². The first-order valence-electron chi connectivity index (χ1n) is 7.67. The van der Waals surface area contributed by atoms with Crippen molar-refractivity contribution in [3.63, 3.8) is 0 Å². The first-order chi connectivity index (χ1) is 11.1. The Morgan fingerprint density at radius 2 is 1.83 bits per heavy atom. The third-order valence-electron chi connectivity index (χ3n) is 3.84. The van der Waals surface area contributed by atoms with Gasteiger partial charge in [0.15, 0.2) is 0 Å². The molecule has 2 aromatic carbocycles. The zero-order chi connectivity index (χ0) is 16.2. The zero-order valence-electron chi connectivity index (χ0n) is 12.9. The number of hydrogen-bond donors (Lipinski definition) is 2. The van der Waals surface area contributed by atoms with Gasteiger partial charge in [-0.25, -0.2) is 0 Å². The molecular formula is C18H19BrN2O2. The van der Waals surface area contributed by atoms with Crippen molar-refractivity contribution in [1.82, 2.24) is 0 Å². The lowest BCUT2D eigenvalue weighted by molar-refractivity contribution is -0.124. The second-order valence-corrected chi connectivity index (χ2v) is 6.51. The summed E-state index contributed by atoms with van der Waals surface area (Å²) in [4.78, 5) is 12.0. The van der Waals surface area contributed by atoms with Crippen LogP contribution in [0.25, 0.3) is 0 Å². The highest BCUT2D eigenvalue weighted by molar-refractivity contribution is 9.10. The summed E-state index contributed by atoms with van der Waals surface area (Å²) in [6, 6.07) is 13.8. The van der Waals surface area contributed by atoms with Crippen LogP contribution < -0.4 is 10.6 Å². The van der Waals surface area contributed by atoms with Crippen LogP contribution in [-0.4, -0.2) is 18.6 Å². The summed E-state index contributed by atoms with van der Waals surface area (Å²) in [6.07, 6.45) is 1.44. The fourth-order valence-corrected chi connectivity index (χ4v) is 2.86. The number of rotatable bonds is 4. The number of nitrogens with one attached hydrogen (secondary N) is 2. The number of hydrogen-bond acceptors (Lipinski definition) is 3. The molecule has 23 heavy (non-hydrogen) atoms. The van der Waals surface area contributed by atoms with Gasteiger partial charge in [-0.1, -0.05) is 22.0 Å². The van der Waals surface area contributed by atoms with E-state index in [0.29, 0.717) is 6.61 Å². The van der Waals surface area contributed by atoms with Crippen LogP contribution in [0, 0.1) is 6.92 Å². The van der Waals surface area contributed by atoms with E-state index in [2.05, 4.69) is 39.6 Å². The number of aryl methyl sites for hydroxylation is 1. The number of carbonyl (C=O) groups is 1. The lowest BCUT2D eigenvalue weighted by Gasteiger charge is -2.12. The standard InChI is InChI=1S/C18H19BrN2O2/c1-12-4-5-15(11-16(12)19)20-13-6-8-14(9-7-13)21-18(22)17-3-2-10-23-17/h4-9,11,17,20H,2-3,10H2,1H3,(H,21,22). The summed E-state index contributed by atoms with van der Waals surface area (Å²) in [7, 11) is 0. The van der Waals surface area contributed by atoms with E-state index in [-0.39, 0.29) is 12.0 Å². The molecule has 1 unspecified atom stereocenters. The quantitative estimate of drug-likeness (QED) is 0.820. The Kier molecular flexibility index (Phi) is 4.98. The van der Waals surface area contributed by atoms with Crippen molar-refractivity contribution in [1.29, 1.82) is 0 Å². The van der Waals surface area contributed by atoms with E-state index < -0.39 is 0 Å². The number of anilines is 3. The molecule has 0 aromatic heterocycles. The summed E-state index contributed by atoms with van der Waals surface area (Å²) in [5, 5.41) is 6.23. The Labute approximate surface area is 144 Å². The normalized spacial score (nSPS) is 17.0. The fraction of sp³-hybridized carbons (Fsp3) is 0.278. The average Bonchev–Trinajstić information content (AvgIpc) is 3.07. The monoisotopic (exact) mass is 374 g/mol. The minimum Gasteiger partial charge on any atom is -0.368 e. The molecule has 0 radical (unpaired) electrons. The van der Waals surface area contributed by atoms with E-state index in [9.17, 15) is 4.79 Å². The molecule has 1 aliphatic rings. The second-order valence-electron chi connectivity index (χ2n) is 5.66. The molecule has 5 heteroatoms. The molecule has 1 fully saturated rings. The molecule has 1 heterocycles. The highest BCUT2D eigenvalue weighted by Crippen LogP contribution is 2.24. The Bertz CT molecular complexity index is 695. The Balaban J connectivity index is 1.62. The number of benzene rings is 2. The number of halogens is 1. The Morgan fingerprint density at radius 3 is 2.48 bits per heavy atom. The van der Waals surface area contributed by atoms with Gasteiger partial charge in [-0.05, 0) is 61.7 Å². The van der Waals surface area contributed by atoms with Gasteiger partial charge in [0.25, 0.3) is 5.91 Å². The largest absolute Gasteiger partial charge is 0.368 e. The number of ether oxygens (including phenoxy) is 1. The van der Waals surface area contributed by atoms with Crippen molar-refractivity contribution in [2.24, 2.45) is 0 Å². The smallest absolute Gasteiger partial charge is 0.253 e. The minimum atomic E-state index is -0.308. The molecule has 3 rings (SSSR count). The minimum absolute atomic E-state index is 0.0642. The molecule has 4 nitrogen and oxygen atoms in total. The summed E-state index contributed by atoms with van der Waals surface area (Å²) in [6.45, 7) is 2.73. The molecule has 0 saturated carbocycles. The highest BCUT2D eigenvalue weighted by atomic mass is 79.9. The maximum absolute atomic E-state index is 12.0. The third kappa shape index (κ3) is 4.12. The molecule has 2 N–H and O–H groups in total. The van der Waals surface area contributed by atoms with Gasteiger partial charge < -0.3 is 15.4 Å². The lowest BCUT2D eigenvalue weighted by atomic mass is 10.2. The van der Waals surface area contributed by atoms with Crippen LogP contribution in [-0.2, 0) is 9.53 Å². The molecule has 1 aliphatic heterocycles. The number of carbonyl (C=O) groups excluding carboxylic acids is 1. The zero-order valence-corrected chi connectivity index (χ0v) is 14.5. The fourth-order valence-electron chi connectivity index (χ4n) is 2.48. The number of amides is 1. The van der Waals surface area contributed by atoms with Crippen molar-refractivity contribution in [3.05, 3.63) is 52.5 Å². The van der Waals surface area contributed by atoms with Crippen molar-refractivity contribution in [2.45, 2.75) is 25.9 Å².